The van der Waals surface area contributed by atoms with Crippen LogP contribution in [0.3, 0.4) is 0 Å². The summed E-state index contributed by atoms with van der Waals surface area (Å²) in [6.07, 6.45) is 6.89. The molecule has 0 spiro atoms. The number of imidazole rings is 1. The molecule has 0 saturated carbocycles. The van der Waals surface area contributed by atoms with Crippen LogP contribution in [-0.2, 0) is 4.74 Å². The van der Waals surface area contributed by atoms with Crippen molar-refractivity contribution in [3.8, 4) is 11.3 Å². The molecule has 5 nitrogen and oxygen atoms in total. The Kier molecular flexibility index (Phi) is 6.88. The number of unbranched alkanes of at least 4 members (excludes halogenated alkanes) is 1. The molecule has 138 valence electrons. The van der Waals surface area contributed by atoms with Gasteiger partial charge in [-0.1, -0.05) is 43.1 Å². The molecular weight excluding hydrogens is 416 g/mol. The van der Waals surface area contributed by atoms with Crippen molar-refractivity contribution >= 4 is 39.0 Å². The zero-order valence-electron chi connectivity index (χ0n) is 14.7. The van der Waals surface area contributed by atoms with E-state index in [4.69, 9.17) is 21.3 Å². The van der Waals surface area contributed by atoms with E-state index in [2.05, 4.69) is 33.2 Å². The van der Waals surface area contributed by atoms with Gasteiger partial charge in [0.05, 0.1) is 16.9 Å². The molecule has 1 N–H and O–H groups in total. The summed E-state index contributed by atoms with van der Waals surface area (Å²) in [5.41, 5.74) is 2.46. The summed E-state index contributed by atoms with van der Waals surface area (Å²) in [5, 5.41) is 4.06. The Balaban J connectivity index is 1.77. The summed E-state index contributed by atoms with van der Waals surface area (Å²) in [6, 6.07) is 7.70. The van der Waals surface area contributed by atoms with E-state index in [1.165, 1.54) is 0 Å². The number of benzene rings is 1. The van der Waals surface area contributed by atoms with Crippen molar-refractivity contribution < 1.29 is 4.74 Å². The first-order valence-electron chi connectivity index (χ1n) is 8.81. The van der Waals surface area contributed by atoms with E-state index in [0.29, 0.717) is 5.02 Å². The summed E-state index contributed by atoms with van der Waals surface area (Å²) >= 11 is 9.88. The van der Waals surface area contributed by atoms with Crippen molar-refractivity contribution in [2.24, 2.45) is 0 Å². The molecule has 26 heavy (non-hydrogen) atoms. The zero-order valence-corrected chi connectivity index (χ0v) is 17.1. The van der Waals surface area contributed by atoms with Crippen LogP contribution in [0.4, 0.5) is 5.82 Å². The number of rotatable bonds is 9. The van der Waals surface area contributed by atoms with Gasteiger partial charge in [-0.15, -0.1) is 0 Å². The lowest BCUT2D eigenvalue weighted by molar-refractivity contribution is 0.131. The predicted octanol–water partition coefficient (Wildman–Crippen LogP) is 5.43. The van der Waals surface area contributed by atoms with E-state index < -0.39 is 0 Å². The first-order valence-corrected chi connectivity index (χ1v) is 9.98. The molecular formula is C19H22BrClN4O. The average Bonchev–Trinajstić information content (AvgIpc) is 3.02. The number of halogens is 2. The van der Waals surface area contributed by atoms with Crippen LogP contribution < -0.4 is 5.32 Å². The lowest BCUT2D eigenvalue weighted by Gasteiger charge is -2.11. The topological polar surface area (TPSA) is 51.5 Å². The van der Waals surface area contributed by atoms with Gasteiger partial charge >= 0.3 is 0 Å². The summed E-state index contributed by atoms with van der Waals surface area (Å²) in [4.78, 5) is 9.19. The molecule has 1 aromatic carbocycles. The highest BCUT2D eigenvalue weighted by atomic mass is 79.9. The van der Waals surface area contributed by atoms with Crippen molar-refractivity contribution in [3.63, 3.8) is 0 Å². The molecule has 0 saturated heterocycles. The number of fused-ring (bicyclic) bond motifs is 1. The normalized spacial score (nSPS) is 11.2. The second kappa shape index (κ2) is 9.35. The van der Waals surface area contributed by atoms with E-state index in [-0.39, 0.29) is 0 Å². The highest BCUT2D eigenvalue weighted by Crippen LogP contribution is 2.29. The number of nitrogens with zero attached hydrogens (tertiary/aromatic N) is 3. The fourth-order valence-corrected chi connectivity index (χ4v) is 3.21. The van der Waals surface area contributed by atoms with E-state index >= 15 is 0 Å². The Morgan fingerprint density at radius 3 is 2.85 bits per heavy atom. The van der Waals surface area contributed by atoms with Gasteiger partial charge in [-0.05, 0) is 34.8 Å². The standard InChI is InChI=1S/C19H22BrClN4O/c1-2-3-10-26-11-6-9-22-18-19-23-12-17(20)25(19)13-16(24-18)14-7-4-5-8-15(14)21/h4-5,7-8,12-13H,2-3,6,9-11H2,1H3,(H,22,24). The smallest absolute Gasteiger partial charge is 0.181 e. The van der Waals surface area contributed by atoms with Gasteiger partial charge in [0.1, 0.15) is 4.60 Å². The van der Waals surface area contributed by atoms with E-state index in [1.807, 2.05) is 34.9 Å². The van der Waals surface area contributed by atoms with Crippen LogP contribution in [0.15, 0.2) is 41.3 Å². The highest BCUT2D eigenvalue weighted by molar-refractivity contribution is 9.10. The zero-order chi connectivity index (χ0) is 18.4. The molecule has 0 unspecified atom stereocenters. The molecule has 0 aliphatic rings. The van der Waals surface area contributed by atoms with Crippen molar-refractivity contribution in [1.29, 1.82) is 0 Å². The Morgan fingerprint density at radius 1 is 1.23 bits per heavy atom. The lowest BCUT2D eigenvalue weighted by Crippen LogP contribution is -2.09. The predicted molar refractivity (Wildman–Crippen MR) is 110 cm³/mol. The van der Waals surface area contributed by atoms with Crippen molar-refractivity contribution in [2.75, 3.05) is 25.1 Å². The van der Waals surface area contributed by atoms with E-state index in [0.717, 1.165) is 66.3 Å². The maximum atomic E-state index is 6.35. The lowest BCUT2D eigenvalue weighted by atomic mass is 10.1. The largest absolute Gasteiger partial charge is 0.381 e. The maximum absolute atomic E-state index is 6.35. The first-order chi connectivity index (χ1) is 12.7. The molecule has 0 aliphatic carbocycles. The number of nitrogens with one attached hydrogen (secondary N) is 1. The van der Waals surface area contributed by atoms with Gasteiger partial charge in [-0.25, -0.2) is 9.97 Å². The number of anilines is 1. The van der Waals surface area contributed by atoms with E-state index in [1.54, 1.807) is 6.20 Å². The van der Waals surface area contributed by atoms with Gasteiger partial charge < -0.3 is 10.1 Å². The SMILES string of the molecule is CCCCOCCCNc1nc(-c2ccccc2Cl)cn2c(Br)cnc12. The van der Waals surface area contributed by atoms with Gasteiger partial charge in [-0.3, -0.25) is 4.40 Å². The van der Waals surface area contributed by atoms with Crippen LogP contribution in [0.1, 0.15) is 26.2 Å². The third-order valence-corrected chi connectivity index (χ3v) is 4.91. The van der Waals surface area contributed by atoms with E-state index in [9.17, 15) is 0 Å². The quantitative estimate of drug-likeness (QED) is 0.453. The minimum Gasteiger partial charge on any atom is -0.381 e. The molecule has 7 heteroatoms. The second-order valence-corrected chi connectivity index (χ2v) is 7.20. The van der Waals surface area contributed by atoms with Crippen LogP contribution in [0.5, 0.6) is 0 Å². The van der Waals surface area contributed by atoms with Crippen LogP contribution in [-0.4, -0.2) is 34.1 Å². The maximum Gasteiger partial charge on any atom is 0.181 e. The Hall–Kier alpha value is -1.63. The molecule has 0 fully saturated rings. The van der Waals surface area contributed by atoms with Gasteiger partial charge in [0.25, 0.3) is 0 Å². The second-order valence-electron chi connectivity index (χ2n) is 5.98. The van der Waals surface area contributed by atoms with Gasteiger partial charge in [0.2, 0.25) is 0 Å². The number of ether oxygens (including phenoxy) is 1. The van der Waals surface area contributed by atoms with Crippen LogP contribution in [0.25, 0.3) is 16.9 Å². The van der Waals surface area contributed by atoms with Gasteiger partial charge in [0, 0.05) is 31.5 Å². The van der Waals surface area contributed by atoms with Crippen molar-refractivity contribution in [1.82, 2.24) is 14.4 Å². The monoisotopic (exact) mass is 436 g/mol. The van der Waals surface area contributed by atoms with Gasteiger partial charge in [0.15, 0.2) is 11.5 Å². The minimum atomic E-state index is 0.672. The summed E-state index contributed by atoms with van der Waals surface area (Å²) in [6.45, 7) is 4.50. The molecule has 2 heterocycles. The number of aromatic nitrogens is 3. The summed E-state index contributed by atoms with van der Waals surface area (Å²) in [5.74, 6) is 0.738. The molecule has 0 bridgehead atoms. The summed E-state index contributed by atoms with van der Waals surface area (Å²) < 4.78 is 8.44. The molecule has 0 atom stereocenters. The number of hydrogen-bond acceptors (Lipinski definition) is 4. The third kappa shape index (κ3) is 4.55. The molecule has 3 aromatic rings. The molecule has 0 amide bonds. The van der Waals surface area contributed by atoms with Crippen molar-refractivity contribution in [3.05, 3.63) is 46.3 Å². The third-order valence-electron chi connectivity index (χ3n) is 4.00. The molecule has 3 rings (SSSR count). The van der Waals surface area contributed by atoms with Crippen LogP contribution in [0, 0.1) is 0 Å². The average molecular weight is 438 g/mol. The number of hydrogen-bond donors (Lipinski definition) is 1. The minimum absolute atomic E-state index is 0.672. The Morgan fingerprint density at radius 2 is 2.04 bits per heavy atom. The Labute approximate surface area is 166 Å². The fourth-order valence-electron chi connectivity index (χ4n) is 2.61. The summed E-state index contributed by atoms with van der Waals surface area (Å²) in [7, 11) is 0. The Bertz CT molecular complexity index is 868. The van der Waals surface area contributed by atoms with Crippen LogP contribution in [0.2, 0.25) is 5.02 Å². The molecule has 2 aromatic heterocycles. The van der Waals surface area contributed by atoms with Crippen LogP contribution >= 0.6 is 27.5 Å². The highest BCUT2D eigenvalue weighted by Gasteiger charge is 2.13. The first kappa shape index (κ1) is 19.1. The molecule has 0 aliphatic heterocycles. The fraction of sp³-hybridized carbons (Fsp3) is 0.368. The van der Waals surface area contributed by atoms with Crippen molar-refractivity contribution in [2.45, 2.75) is 26.2 Å². The molecule has 0 radical (unpaired) electrons. The van der Waals surface area contributed by atoms with Gasteiger partial charge in [-0.2, -0.15) is 0 Å².